The number of ether oxygens (including phenoxy) is 1. The average molecular weight is 315 g/mol. The summed E-state index contributed by atoms with van der Waals surface area (Å²) in [5.41, 5.74) is 4.39. The zero-order valence-corrected chi connectivity index (χ0v) is 12.7. The third-order valence-electron chi connectivity index (χ3n) is 4.15. The second kappa shape index (κ2) is 5.21. The second-order valence-electron chi connectivity index (χ2n) is 5.58. The normalized spacial score (nSPS) is 16.4. The highest BCUT2D eigenvalue weighted by Gasteiger charge is 2.23. The van der Waals surface area contributed by atoms with E-state index in [4.69, 9.17) is 16.3 Å². The van der Waals surface area contributed by atoms with Gasteiger partial charge in [-0.25, -0.2) is 0 Å². The highest BCUT2D eigenvalue weighted by molar-refractivity contribution is 6.33. The molecule has 22 heavy (non-hydrogen) atoms. The van der Waals surface area contributed by atoms with Crippen LogP contribution in [0.25, 0.3) is 0 Å². The number of anilines is 2. The molecule has 0 spiro atoms. The summed E-state index contributed by atoms with van der Waals surface area (Å²) in [6.07, 6.45) is 1.01. The summed E-state index contributed by atoms with van der Waals surface area (Å²) in [4.78, 5) is 13.8. The van der Waals surface area contributed by atoms with Gasteiger partial charge in [-0.05, 0) is 29.7 Å². The number of hydrogen-bond acceptors (Lipinski definition) is 3. The molecule has 4 rings (SSSR count). The van der Waals surface area contributed by atoms with Crippen LogP contribution in [0.5, 0.6) is 5.75 Å². The molecule has 2 aromatic rings. The third-order valence-corrected chi connectivity index (χ3v) is 4.43. The molecule has 1 amide bonds. The first kappa shape index (κ1) is 13.5. The van der Waals surface area contributed by atoms with Crippen molar-refractivity contribution in [2.75, 3.05) is 23.4 Å². The third kappa shape index (κ3) is 2.29. The smallest absolute Gasteiger partial charge is 0.262 e. The zero-order valence-electron chi connectivity index (χ0n) is 11.9. The fourth-order valence-electron chi connectivity index (χ4n) is 3.04. The lowest BCUT2D eigenvalue weighted by Crippen LogP contribution is -2.31. The Hall–Kier alpha value is -2.20. The molecule has 0 aliphatic carbocycles. The summed E-state index contributed by atoms with van der Waals surface area (Å²) < 4.78 is 5.40. The first-order chi connectivity index (χ1) is 10.7. The van der Waals surface area contributed by atoms with E-state index in [1.54, 1.807) is 0 Å². The molecule has 1 N–H and O–H groups in total. The van der Waals surface area contributed by atoms with E-state index in [1.807, 2.05) is 12.1 Å². The Labute approximate surface area is 133 Å². The Kier molecular flexibility index (Phi) is 3.19. The van der Waals surface area contributed by atoms with Gasteiger partial charge in [0.1, 0.15) is 0 Å². The van der Waals surface area contributed by atoms with Crippen LogP contribution in [0.2, 0.25) is 5.02 Å². The number of fused-ring (bicyclic) bond motifs is 2. The van der Waals surface area contributed by atoms with Crippen LogP contribution in [0.4, 0.5) is 11.4 Å². The molecule has 0 saturated heterocycles. The molecule has 0 radical (unpaired) electrons. The van der Waals surface area contributed by atoms with Crippen molar-refractivity contribution in [2.24, 2.45) is 0 Å². The van der Waals surface area contributed by atoms with E-state index in [0.29, 0.717) is 16.5 Å². The van der Waals surface area contributed by atoms with Gasteiger partial charge in [-0.15, -0.1) is 0 Å². The minimum Gasteiger partial charge on any atom is -0.480 e. The van der Waals surface area contributed by atoms with Crippen molar-refractivity contribution in [1.82, 2.24) is 0 Å². The summed E-state index contributed by atoms with van der Waals surface area (Å²) in [5, 5.41) is 3.36. The van der Waals surface area contributed by atoms with Gasteiger partial charge in [-0.1, -0.05) is 35.9 Å². The molecule has 0 fully saturated rings. The largest absolute Gasteiger partial charge is 0.480 e. The van der Waals surface area contributed by atoms with Crippen molar-refractivity contribution >= 4 is 28.9 Å². The number of benzene rings is 2. The van der Waals surface area contributed by atoms with Crippen LogP contribution in [0.15, 0.2) is 36.4 Å². The average Bonchev–Trinajstić information content (AvgIpc) is 2.54. The predicted molar refractivity (Wildman–Crippen MR) is 86.8 cm³/mol. The standard InChI is InChI=1S/C17H15ClN2O2/c18-14-7-13(8-15-17(14)22-10-16(21)19-15)20-6-5-11-3-1-2-4-12(11)9-20/h1-4,7-8H,5-6,9-10H2,(H,19,21). The van der Waals surface area contributed by atoms with Gasteiger partial charge in [0, 0.05) is 18.8 Å². The monoisotopic (exact) mass is 314 g/mol. The van der Waals surface area contributed by atoms with Gasteiger partial charge in [0.05, 0.1) is 10.7 Å². The van der Waals surface area contributed by atoms with Gasteiger partial charge in [0.15, 0.2) is 12.4 Å². The van der Waals surface area contributed by atoms with E-state index in [9.17, 15) is 4.79 Å². The number of amides is 1. The molecular formula is C17H15ClN2O2. The van der Waals surface area contributed by atoms with Crippen LogP contribution in [0, 0.1) is 0 Å². The number of nitrogens with one attached hydrogen (secondary N) is 1. The highest BCUT2D eigenvalue weighted by atomic mass is 35.5. The van der Waals surface area contributed by atoms with Crippen LogP contribution in [-0.2, 0) is 17.8 Å². The maximum absolute atomic E-state index is 11.5. The molecule has 0 atom stereocenters. The lowest BCUT2D eigenvalue weighted by Gasteiger charge is -2.32. The molecule has 0 saturated carbocycles. The molecule has 2 aliphatic heterocycles. The Morgan fingerprint density at radius 1 is 1.18 bits per heavy atom. The lowest BCUT2D eigenvalue weighted by atomic mass is 9.99. The number of rotatable bonds is 1. The zero-order chi connectivity index (χ0) is 15.1. The maximum Gasteiger partial charge on any atom is 0.262 e. The topological polar surface area (TPSA) is 41.6 Å². The first-order valence-electron chi connectivity index (χ1n) is 7.28. The van der Waals surface area contributed by atoms with Gasteiger partial charge in [0.2, 0.25) is 0 Å². The number of carbonyl (C=O) groups is 1. The molecule has 0 bridgehead atoms. The van der Waals surface area contributed by atoms with Crippen molar-refractivity contribution in [2.45, 2.75) is 13.0 Å². The fourth-order valence-corrected chi connectivity index (χ4v) is 3.31. The summed E-state index contributed by atoms with van der Waals surface area (Å²) in [6.45, 7) is 1.80. The summed E-state index contributed by atoms with van der Waals surface area (Å²) >= 11 is 6.31. The van der Waals surface area contributed by atoms with Gasteiger partial charge < -0.3 is 15.0 Å². The van der Waals surface area contributed by atoms with E-state index in [-0.39, 0.29) is 12.5 Å². The van der Waals surface area contributed by atoms with Crippen molar-refractivity contribution in [3.05, 3.63) is 52.5 Å². The molecule has 2 aliphatic rings. The predicted octanol–water partition coefficient (Wildman–Crippen LogP) is 3.23. The second-order valence-corrected chi connectivity index (χ2v) is 5.99. The lowest BCUT2D eigenvalue weighted by molar-refractivity contribution is -0.118. The van der Waals surface area contributed by atoms with E-state index in [1.165, 1.54) is 11.1 Å². The minimum absolute atomic E-state index is 0.0170. The van der Waals surface area contributed by atoms with E-state index < -0.39 is 0 Å². The fraction of sp³-hybridized carbons (Fsp3) is 0.235. The first-order valence-corrected chi connectivity index (χ1v) is 7.66. The van der Waals surface area contributed by atoms with Gasteiger partial charge in [-0.3, -0.25) is 4.79 Å². The van der Waals surface area contributed by atoms with E-state index >= 15 is 0 Å². The molecular weight excluding hydrogens is 300 g/mol. The minimum atomic E-state index is -0.148. The van der Waals surface area contributed by atoms with E-state index in [2.05, 4.69) is 34.5 Å². The molecule has 2 aromatic carbocycles. The van der Waals surface area contributed by atoms with Crippen LogP contribution in [0.3, 0.4) is 0 Å². The van der Waals surface area contributed by atoms with Gasteiger partial charge >= 0.3 is 0 Å². The molecule has 2 heterocycles. The quantitative estimate of drug-likeness (QED) is 0.878. The number of nitrogens with zero attached hydrogens (tertiary/aromatic N) is 1. The molecule has 112 valence electrons. The Balaban J connectivity index is 1.68. The highest BCUT2D eigenvalue weighted by Crippen LogP contribution is 2.40. The van der Waals surface area contributed by atoms with Gasteiger partial charge in [0.25, 0.3) is 5.91 Å². The van der Waals surface area contributed by atoms with Crippen LogP contribution < -0.4 is 15.0 Å². The van der Waals surface area contributed by atoms with Gasteiger partial charge in [-0.2, -0.15) is 0 Å². The number of halogens is 1. The maximum atomic E-state index is 11.5. The Bertz CT molecular complexity index is 760. The number of carbonyl (C=O) groups excluding carboxylic acids is 1. The van der Waals surface area contributed by atoms with Crippen LogP contribution >= 0.6 is 11.6 Å². The SMILES string of the molecule is O=C1COc2c(Cl)cc(N3CCc4ccccc4C3)cc2N1. The Morgan fingerprint density at radius 2 is 2.00 bits per heavy atom. The van der Waals surface area contributed by atoms with Crippen molar-refractivity contribution < 1.29 is 9.53 Å². The van der Waals surface area contributed by atoms with Crippen LogP contribution in [-0.4, -0.2) is 19.1 Å². The summed E-state index contributed by atoms with van der Waals surface area (Å²) in [7, 11) is 0. The Morgan fingerprint density at radius 3 is 2.86 bits per heavy atom. The van der Waals surface area contributed by atoms with Crippen molar-refractivity contribution in [3.8, 4) is 5.75 Å². The number of hydrogen-bond donors (Lipinski definition) is 1. The molecule has 0 unspecified atom stereocenters. The molecule has 0 aromatic heterocycles. The van der Waals surface area contributed by atoms with Crippen molar-refractivity contribution in [1.29, 1.82) is 0 Å². The van der Waals surface area contributed by atoms with Crippen LogP contribution in [0.1, 0.15) is 11.1 Å². The summed E-state index contributed by atoms with van der Waals surface area (Å²) in [5.74, 6) is 0.409. The molecule has 5 heteroatoms. The van der Waals surface area contributed by atoms with E-state index in [0.717, 1.165) is 25.2 Å². The summed E-state index contributed by atoms with van der Waals surface area (Å²) in [6, 6.07) is 12.3. The van der Waals surface area contributed by atoms with Crippen molar-refractivity contribution in [3.63, 3.8) is 0 Å². The molecule has 4 nitrogen and oxygen atoms in total.